The molecule has 3 N–H and O–H groups in total. The first-order valence-electron chi connectivity index (χ1n) is 6.03. The average Bonchev–Trinajstić information content (AvgIpc) is 2.71. The number of carbonyl (C=O) groups is 1. The van der Waals surface area contributed by atoms with Crippen LogP contribution in [0.3, 0.4) is 0 Å². The fourth-order valence-corrected chi connectivity index (χ4v) is 2.22. The molecule has 2 heterocycles. The Labute approximate surface area is 118 Å². The smallest absolute Gasteiger partial charge is 0.250 e. The summed E-state index contributed by atoms with van der Waals surface area (Å²) >= 11 is 0. The number of amides is 1. The van der Waals surface area contributed by atoms with Crippen LogP contribution in [0.2, 0.25) is 0 Å². The van der Waals surface area contributed by atoms with Crippen molar-refractivity contribution >= 4 is 5.91 Å². The number of nitrogens with one attached hydrogen (secondary N) is 1. The molecule has 0 unspecified atom stereocenters. The normalized spacial score (nSPS) is 35.6. The van der Waals surface area contributed by atoms with Crippen LogP contribution in [-0.2, 0) is 9.53 Å². The molecule has 0 aliphatic carbocycles. The van der Waals surface area contributed by atoms with Crippen molar-refractivity contribution in [3.05, 3.63) is 35.1 Å². The van der Waals surface area contributed by atoms with Gasteiger partial charge in [0.05, 0.1) is 13.2 Å². The number of hydrogen-bond donors (Lipinski definition) is 3. The third-order valence-corrected chi connectivity index (χ3v) is 3.38. The minimum absolute atomic E-state index is 0.0693. The Morgan fingerprint density at radius 3 is 3.00 bits per heavy atom. The van der Waals surface area contributed by atoms with Crippen molar-refractivity contribution in [3.63, 3.8) is 0 Å². The summed E-state index contributed by atoms with van der Waals surface area (Å²) in [5, 5.41) is 25.0. The summed E-state index contributed by atoms with van der Waals surface area (Å²) in [4.78, 5) is 14.8. The van der Waals surface area contributed by atoms with E-state index in [1.807, 2.05) is 0 Å². The van der Waals surface area contributed by atoms with Gasteiger partial charge in [-0.3, -0.25) is 4.79 Å². The van der Waals surface area contributed by atoms with Crippen molar-refractivity contribution in [1.82, 2.24) is 10.2 Å². The third-order valence-electron chi connectivity index (χ3n) is 3.38. The molecule has 114 valence electrons. The number of halogens is 1. The zero-order valence-electron chi connectivity index (χ0n) is 10.9. The standard InChI is InChI=1S/C11H14FN5O4/c1-6-15-7(19)2-3-17(6)10-8(12)9(20)11(5-18,21-10)4-14-16-13/h2-3,8-10,18,20H,1,4-5H2,(H,15,19)/t8-,9+,10-,11-/m1/s1. The van der Waals surface area contributed by atoms with Crippen LogP contribution in [0.5, 0.6) is 0 Å². The largest absolute Gasteiger partial charge is 0.393 e. The molecule has 0 radical (unpaired) electrons. The highest BCUT2D eigenvalue weighted by Gasteiger charge is 2.56. The Balaban J connectivity index is 2.27. The summed E-state index contributed by atoms with van der Waals surface area (Å²) in [5.74, 6) is -0.354. The van der Waals surface area contributed by atoms with Crippen LogP contribution in [0.15, 0.2) is 29.8 Å². The second-order valence-corrected chi connectivity index (χ2v) is 4.67. The molecule has 1 saturated heterocycles. The van der Waals surface area contributed by atoms with Crippen molar-refractivity contribution in [1.29, 1.82) is 0 Å². The monoisotopic (exact) mass is 299 g/mol. The van der Waals surface area contributed by atoms with Crippen LogP contribution in [0.25, 0.3) is 10.4 Å². The van der Waals surface area contributed by atoms with Gasteiger partial charge in [-0.05, 0) is 5.53 Å². The Morgan fingerprint density at radius 2 is 2.43 bits per heavy atom. The van der Waals surface area contributed by atoms with Crippen LogP contribution in [0, 0.1) is 0 Å². The number of azide groups is 1. The highest BCUT2D eigenvalue weighted by Crippen LogP contribution is 2.36. The van der Waals surface area contributed by atoms with E-state index in [-0.39, 0.29) is 5.82 Å². The van der Waals surface area contributed by atoms with E-state index in [9.17, 15) is 19.4 Å². The lowest BCUT2D eigenvalue weighted by molar-refractivity contribution is -0.132. The average molecular weight is 299 g/mol. The molecule has 9 nitrogen and oxygen atoms in total. The quantitative estimate of drug-likeness (QED) is 0.366. The van der Waals surface area contributed by atoms with Gasteiger partial charge in [-0.2, -0.15) is 0 Å². The lowest BCUT2D eigenvalue weighted by atomic mass is 9.97. The van der Waals surface area contributed by atoms with Crippen LogP contribution in [0.4, 0.5) is 4.39 Å². The van der Waals surface area contributed by atoms with E-state index in [0.717, 1.165) is 6.08 Å². The highest BCUT2D eigenvalue weighted by molar-refractivity contribution is 5.89. The Bertz CT molecular complexity index is 535. The van der Waals surface area contributed by atoms with Gasteiger partial charge in [0.1, 0.15) is 17.5 Å². The molecule has 2 rings (SSSR count). The molecule has 0 bridgehead atoms. The molecule has 1 fully saturated rings. The number of carbonyl (C=O) groups excluding carboxylic acids is 1. The van der Waals surface area contributed by atoms with Gasteiger partial charge in [-0.15, -0.1) is 0 Å². The molecule has 0 aromatic heterocycles. The number of alkyl halides is 1. The van der Waals surface area contributed by atoms with Gasteiger partial charge in [0.15, 0.2) is 12.4 Å². The maximum absolute atomic E-state index is 14.3. The minimum Gasteiger partial charge on any atom is -0.393 e. The maximum Gasteiger partial charge on any atom is 0.250 e. The van der Waals surface area contributed by atoms with Gasteiger partial charge in [0.25, 0.3) is 5.91 Å². The lowest BCUT2D eigenvalue weighted by Crippen LogP contribution is -2.48. The molecule has 0 aromatic rings. The number of aliphatic hydroxyl groups excluding tert-OH is 2. The van der Waals surface area contributed by atoms with Crippen molar-refractivity contribution < 1.29 is 24.1 Å². The van der Waals surface area contributed by atoms with E-state index in [4.69, 9.17) is 10.3 Å². The Hall–Kier alpha value is -2.13. The first-order chi connectivity index (χ1) is 9.95. The molecule has 0 spiro atoms. The SMILES string of the molecule is C=C1NC(=O)C=CN1[C@@H]1O[C@@](CO)(CN=[N+]=[N-])[C@@H](O)[C@H]1F. The number of ether oxygens (including phenoxy) is 1. The molecule has 1 amide bonds. The van der Waals surface area contributed by atoms with Crippen molar-refractivity contribution in [2.45, 2.75) is 24.1 Å². The summed E-state index contributed by atoms with van der Waals surface area (Å²) < 4.78 is 19.7. The van der Waals surface area contributed by atoms with Crippen molar-refractivity contribution in [2.75, 3.05) is 13.2 Å². The van der Waals surface area contributed by atoms with E-state index in [1.165, 1.54) is 11.1 Å². The van der Waals surface area contributed by atoms with E-state index in [1.54, 1.807) is 0 Å². The first kappa shape index (κ1) is 15.3. The fraction of sp³-hybridized carbons (Fsp3) is 0.545. The van der Waals surface area contributed by atoms with E-state index < -0.39 is 43.2 Å². The predicted molar refractivity (Wildman–Crippen MR) is 67.9 cm³/mol. The summed E-state index contributed by atoms with van der Waals surface area (Å²) in [6.07, 6.45) is -2.51. The van der Waals surface area contributed by atoms with Crippen LogP contribution >= 0.6 is 0 Å². The Morgan fingerprint density at radius 1 is 1.71 bits per heavy atom. The van der Waals surface area contributed by atoms with Gasteiger partial charge in [0, 0.05) is 17.2 Å². The van der Waals surface area contributed by atoms with E-state index >= 15 is 0 Å². The molecular formula is C11H14FN5O4. The van der Waals surface area contributed by atoms with E-state index in [0.29, 0.717) is 0 Å². The number of nitrogens with zero attached hydrogens (tertiary/aromatic N) is 4. The molecule has 10 heteroatoms. The van der Waals surface area contributed by atoms with Gasteiger partial charge in [0.2, 0.25) is 0 Å². The predicted octanol–water partition coefficient (Wildman–Crippen LogP) is -0.500. The first-order valence-corrected chi connectivity index (χ1v) is 6.03. The lowest BCUT2D eigenvalue weighted by Gasteiger charge is -2.33. The van der Waals surface area contributed by atoms with Crippen molar-refractivity contribution in [3.8, 4) is 0 Å². The number of rotatable bonds is 4. The maximum atomic E-state index is 14.3. The molecule has 2 aliphatic heterocycles. The number of aliphatic hydroxyl groups is 2. The molecule has 21 heavy (non-hydrogen) atoms. The fourth-order valence-electron chi connectivity index (χ4n) is 2.22. The topological polar surface area (TPSA) is 131 Å². The van der Waals surface area contributed by atoms with Gasteiger partial charge >= 0.3 is 0 Å². The van der Waals surface area contributed by atoms with Gasteiger partial charge in [-0.1, -0.05) is 11.7 Å². The third kappa shape index (κ3) is 2.57. The highest BCUT2D eigenvalue weighted by atomic mass is 19.1. The minimum atomic E-state index is -1.90. The summed E-state index contributed by atoms with van der Waals surface area (Å²) in [7, 11) is 0. The van der Waals surface area contributed by atoms with Crippen LogP contribution in [0.1, 0.15) is 0 Å². The molecule has 4 atom stereocenters. The van der Waals surface area contributed by atoms with Crippen LogP contribution < -0.4 is 5.32 Å². The second kappa shape index (κ2) is 5.70. The van der Waals surface area contributed by atoms with Gasteiger partial charge < -0.3 is 25.2 Å². The second-order valence-electron chi connectivity index (χ2n) is 4.67. The van der Waals surface area contributed by atoms with E-state index in [2.05, 4.69) is 21.9 Å². The summed E-state index contributed by atoms with van der Waals surface area (Å²) in [6.45, 7) is 2.38. The number of hydrogen-bond acceptors (Lipinski definition) is 6. The Kier molecular flexibility index (Phi) is 4.14. The molecule has 2 aliphatic rings. The van der Waals surface area contributed by atoms with Crippen molar-refractivity contribution in [2.24, 2.45) is 5.11 Å². The van der Waals surface area contributed by atoms with Gasteiger partial charge in [-0.25, -0.2) is 4.39 Å². The zero-order valence-corrected chi connectivity index (χ0v) is 10.9. The molecule has 0 aromatic carbocycles. The molecular weight excluding hydrogens is 285 g/mol. The summed E-state index contributed by atoms with van der Waals surface area (Å²) in [6, 6.07) is 0. The zero-order chi connectivity index (χ0) is 15.6. The van der Waals surface area contributed by atoms with Crippen LogP contribution in [-0.4, -0.2) is 58.3 Å². The summed E-state index contributed by atoms with van der Waals surface area (Å²) in [5.41, 5.74) is 6.59. The molecule has 0 saturated carbocycles.